The first-order valence-corrected chi connectivity index (χ1v) is 9.27. The molecule has 0 unspecified atom stereocenters. The van der Waals surface area contributed by atoms with E-state index in [4.69, 9.17) is 4.42 Å². The molecule has 1 aliphatic rings. The van der Waals surface area contributed by atoms with E-state index >= 15 is 0 Å². The lowest BCUT2D eigenvalue weighted by atomic mass is 9.88. The van der Waals surface area contributed by atoms with Gasteiger partial charge in [0.2, 0.25) is 0 Å². The number of fused-ring (bicyclic) bond motifs is 2. The molecule has 1 aromatic carbocycles. The van der Waals surface area contributed by atoms with Crippen molar-refractivity contribution in [3.05, 3.63) is 62.3 Å². The van der Waals surface area contributed by atoms with Crippen LogP contribution < -0.4 is 10.9 Å². The van der Waals surface area contributed by atoms with Crippen LogP contribution in [0.4, 0.5) is 5.00 Å². The van der Waals surface area contributed by atoms with E-state index in [0.717, 1.165) is 29.7 Å². The second kappa shape index (κ2) is 6.43. The third-order valence-corrected chi connectivity index (χ3v) is 5.91. The number of hydrogen-bond donors (Lipinski definition) is 1. The van der Waals surface area contributed by atoms with Crippen LogP contribution in [-0.2, 0) is 12.8 Å². The van der Waals surface area contributed by atoms with Crippen LogP contribution >= 0.6 is 11.3 Å². The number of carbonyl (C=O) groups is 1. The Morgan fingerprint density at radius 2 is 2.19 bits per heavy atom. The lowest BCUT2D eigenvalue weighted by Gasteiger charge is -2.17. The molecule has 4 rings (SSSR count). The van der Waals surface area contributed by atoms with Crippen LogP contribution in [0.5, 0.6) is 0 Å². The summed E-state index contributed by atoms with van der Waals surface area (Å²) in [5.41, 5.74) is 1.25. The topological polar surface area (TPSA) is 83.1 Å². The van der Waals surface area contributed by atoms with Crippen LogP contribution in [-0.4, -0.2) is 5.91 Å². The number of amides is 1. The van der Waals surface area contributed by atoms with Gasteiger partial charge < -0.3 is 9.73 Å². The van der Waals surface area contributed by atoms with E-state index in [9.17, 15) is 14.9 Å². The van der Waals surface area contributed by atoms with Gasteiger partial charge in [0.25, 0.3) is 5.91 Å². The van der Waals surface area contributed by atoms with Gasteiger partial charge >= 0.3 is 5.63 Å². The number of nitrogens with one attached hydrogen (secondary N) is 1. The maximum Gasteiger partial charge on any atom is 0.349 e. The van der Waals surface area contributed by atoms with Crippen LogP contribution in [0.25, 0.3) is 11.0 Å². The molecule has 1 amide bonds. The first-order chi connectivity index (χ1) is 12.6. The highest BCUT2D eigenvalue weighted by Crippen LogP contribution is 2.39. The number of benzene rings is 1. The van der Waals surface area contributed by atoms with Crippen molar-refractivity contribution in [1.82, 2.24) is 0 Å². The van der Waals surface area contributed by atoms with Crippen molar-refractivity contribution in [2.24, 2.45) is 5.92 Å². The van der Waals surface area contributed by atoms with Crippen LogP contribution in [0, 0.1) is 17.2 Å². The summed E-state index contributed by atoms with van der Waals surface area (Å²) in [6.07, 6.45) is 2.81. The number of para-hydroxylation sites is 1. The molecule has 0 fully saturated rings. The largest absolute Gasteiger partial charge is 0.422 e. The monoisotopic (exact) mass is 364 g/mol. The Morgan fingerprint density at radius 1 is 1.38 bits per heavy atom. The molecule has 1 aliphatic carbocycles. The Hall–Kier alpha value is -2.91. The van der Waals surface area contributed by atoms with Crippen molar-refractivity contribution in [2.45, 2.75) is 26.2 Å². The summed E-state index contributed by atoms with van der Waals surface area (Å²) in [4.78, 5) is 26.0. The van der Waals surface area contributed by atoms with Gasteiger partial charge in [0, 0.05) is 10.3 Å². The number of rotatable bonds is 2. The predicted octanol–water partition coefficient (Wildman–Crippen LogP) is 4.10. The SMILES string of the molecule is C[C@H]1CCc2c(sc(NC(=O)c3cc4ccccc4oc3=O)c2C#N)C1. The highest BCUT2D eigenvalue weighted by molar-refractivity contribution is 7.16. The molecule has 0 radical (unpaired) electrons. The van der Waals surface area contributed by atoms with Crippen LogP contribution in [0.2, 0.25) is 0 Å². The molecule has 1 atom stereocenters. The molecule has 130 valence electrons. The van der Waals surface area contributed by atoms with Crippen molar-refractivity contribution in [2.75, 3.05) is 5.32 Å². The second-order valence-corrected chi connectivity index (χ2v) is 7.71. The Morgan fingerprint density at radius 3 is 3.00 bits per heavy atom. The normalized spacial score (nSPS) is 16.1. The zero-order valence-electron chi connectivity index (χ0n) is 14.2. The molecule has 3 aromatic rings. The highest BCUT2D eigenvalue weighted by Gasteiger charge is 2.25. The molecule has 0 aliphatic heterocycles. The molecule has 2 heterocycles. The minimum atomic E-state index is -0.686. The summed E-state index contributed by atoms with van der Waals surface area (Å²) < 4.78 is 5.23. The number of anilines is 1. The van der Waals surface area contributed by atoms with E-state index in [1.807, 2.05) is 6.07 Å². The van der Waals surface area contributed by atoms with Gasteiger partial charge in [-0.15, -0.1) is 11.3 Å². The van der Waals surface area contributed by atoms with E-state index in [-0.39, 0.29) is 5.56 Å². The maximum atomic E-state index is 12.7. The first-order valence-electron chi connectivity index (χ1n) is 8.45. The molecule has 5 nitrogen and oxygen atoms in total. The van der Waals surface area contributed by atoms with E-state index in [0.29, 0.717) is 27.5 Å². The Labute approximate surface area is 153 Å². The average molecular weight is 364 g/mol. The smallest absolute Gasteiger partial charge is 0.349 e. The molecular weight excluding hydrogens is 348 g/mol. The fourth-order valence-corrected chi connectivity index (χ4v) is 4.70. The van der Waals surface area contributed by atoms with Gasteiger partial charge in [0.1, 0.15) is 22.2 Å². The van der Waals surface area contributed by atoms with Gasteiger partial charge in [-0.25, -0.2) is 4.79 Å². The number of nitriles is 1. The summed E-state index contributed by atoms with van der Waals surface area (Å²) in [6.45, 7) is 2.19. The molecule has 2 aromatic heterocycles. The standard InChI is InChI=1S/C20H16N2O3S/c1-11-6-7-13-15(10-21)19(26-17(13)8-11)22-18(23)14-9-12-4-2-3-5-16(12)25-20(14)24/h2-5,9,11H,6-8H2,1H3,(H,22,23)/t11-/m0/s1. The molecular formula is C20H16N2O3S. The molecule has 0 bridgehead atoms. The molecule has 0 saturated heterocycles. The van der Waals surface area contributed by atoms with E-state index in [2.05, 4.69) is 18.3 Å². The number of hydrogen-bond acceptors (Lipinski definition) is 5. The van der Waals surface area contributed by atoms with Gasteiger partial charge in [-0.3, -0.25) is 4.79 Å². The lowest BCUT2D eigenvalue weighted by molar-refractivity contribution is 0.102. The summed E-state index contributed by atoms with van der Waals surface area (Å²) in [5.74, 6) is 0.0245. The Bertz CT molecular complexity index is 1120. The van der Waals surface area contributed by atoms with Gasteiger partial charge in [0.05, 0.1) is 5.56 Å². The third-order valence-electron chi connectivity index (χ3n) is 4.74. The number of thiophene rings is 1. The second-order valence-electron chi connectivity index (χ2n) is 6.61. The first kappa shape index (κ1) is 16.6. The van der Waals surface area contributed by atoms with Crippen molar-refractivity contribution in [3.8, 4) is 6.07 Å². The fraction of sp³-hybridized carbons (Fsp3) is 0.250. The summed E-state index contributed by atoms with van der Waals surface area (Å²) in [6, 6.07) is 10.8. The predicted molar refractivity (Wildman–Crippen MR) is 101 cm³/mol. The number of nitrogens with zero attached hydrogens (tertiary/aromatic N) is 1. The Kier molecular flexibility index (Phi) is 4.09. The third kappa shape index (κ3) is 2.80. The molecule has 1 N–H and O–H groups in total. The summed E-state index contributed by atoms with van der Waals surface area (Å²) >= 11 is 1.44. The van der Waals surface area contributed by atoms with Crippen molar-refractivity contribution >= 4 is 33.2 Å². The quantitative estimate of drug-likeness (QED) is 0.694. The maximum absolute atomic E-state index is 12.7. The summed E-state index contributed by atoms with van der Waals surface area (Å²) in [7, 11) is 0. The van der Waals surface area contributed by atoms with Crippen molar-refractivity contribution in [3.63, 3.8) is 0 Å². The van der Waals surface area contributed by atoms with Gasteiger partial charge in [-0.2, -0.15) is 5.26 Å². The zero-order chi connectivity index (χ0) is 18.3. The minimum Gasteiger partial charge on any atom is -0.422 e. The van der Waals surface area contributed by atoms with Crippen molar-refractivity contribution < 1.29 is 9.21 Å². The van der Waals surface area contributed by atoms with Crippen molar-refractivity contribution in [1.29, 1.82) is 5.26 Å². The average Bonchev–Trinajstić information content (AvgIpc) is 2.96. The van der Waals surface area contributed by atoms with Crippen LogP contribution in [0.1, 0.15) is 39.7 Å². The minimum absolute atomic E-state index is 0.0627. The highest BCUT2D eigenvalue weighted by atomic mass is 32.1. The van der Waals surface area contributed by atoms with E-state index < -0.39 is 11.5 Å². The Balaban J connectivity index is 1.70. The summed E-state index contributed by atoms with van der Waals surface area (Å²) in [5, 5.41) is 13.5. The molecule has 6 heteroatoms. The molecule has 26 heavy (non-hydrogen) atoms. The molecule has 0 saturated carbocycles. The van der Waals surface area contributed by atoms with E-state index in [1.165, 1.54) is 17.4 Å². The van der Waals surface area contributed by atoms with Crippen LogP contribution in [0.3, 0.4) is 0 Å². The zero-order valence-corrected chi connectivity index (χ0v) is 15.0. The lowest BCUT2D eigenvalue weighted by Crippen LogP contribution is -2.20. The fourth-order valence-electron chi connectivity index (χ4n) is 3.35. The molecule has 0 spiro atoms. The van der Waals surface area contributed by atoms with E-state index in [1.54, 1.807) is 18.2 Å². The van der Waals surface area contributed by atoms with Crippen LogP contribution in [0.15, 0.2) is 39.5 Å². The number of carbonyl (C=O) groups excluding carboxylic acids is 1. The van der Waals surface area contributed by atoms with Gasteiger partial charge in [-0.1, -0.05) is 25.1 Å². The van der Waals surface area contributed by atoms with Gasteiger partial charge in [-0.05, 0) is 42.9 Å². The van der Waals surface area contributed by atoms with Gasteiger partial charge in [0.15, 0.2) is 0 Å².